The van der Waals surface area contributed by atoms with Crippen molar-refractivity contribution in [2.45, 2.75) is 38.9 Å². The van der Waals surface area contributed by atoms with Crippen LogP contribution in [0.1, 0.15) is 26.3 Å². The van der Waals surface area contributed by atoms with Gasteiger partial charge in [0, 0.05) is 36.2 Å². The molecule has 0 aromatic heterocycles. The Labute approximate surface area is 113 Å². The molecule has 2 rings (SSSR count). The number of nitrogens with zero attached hydrogens (tertiary/aromatic N) is 1. The van der Waals surface area contributed by atoms with Crippen molar-refractivity contribution in [3.05, 3.63) is 34.6 Å². The highest BCUT2D eigenvalue weighted by molar-refractivity contribution is 6.31. The summed E-state index contributed by atoms with van der Waals surface area (Å²) in [4.78, 5) is 2.38. The zero-order chi connectivity index (χ0) is 13.3. The lowest BCUT2D eigenvalue weighted by Gasteiger charge is -2.43. The van der Waals surface area contributed by atoms with E-state index in [9.17, 15) is 4.39 Å². The summed E-state index contributed by atoms with van der Waals surface area (Å²) in [6.07, 6.45) is 0. The van der Waals surface area contributed by atoms with Crippen molar-refractivity contribution in [1.82, 2.24) is 10.2 Å². The van der Waals surface area contributed by atoms with Crippen molar-refractivity contribution < 1.29 is 4.39 Å². The Balaban J connectivity index is 2.12. The second-order valence-corrected chi connectivity index (χ2v) is 6.16. The second kappa shape index (κ2) is 5.16. The normalized spacial score (nSPS) is 24.2. The molecule has 0 amide bonds. The van der Waals surface area contributed by atoms with Crippen LogP contribution in [0.4, 0.5) is 4.39 Å². The first-order chi connectivity index (χ1) is 8.37. The topological polar surface area (TPSA) is 15.3 Å². The van der Waals surface area contributed by atoms with E-state index in [1.807, 2.05) is 0 Å². The highest BCUT2D eigenvalue weighted by Crippen LogP contribution is 2.23. The third kappa shape index (κ3) is 3.22. The predicted molar refractivity (Wildman–Crippen MR) is 73.4 cm³/mol. The van der Waals surface area contributed by atoms with Crippen molar-refractivity contribution in [3.8, 4) is 0 Å². The van der Waals surface area contributed by atoms with Gasteiger partial charge in [-0.15, -0.1) is 0 Å². The first kappa shape index (κ1) is 13.8. The van der Waals surface area contributed by atoms with Crippen molar-refractivity contribution in [2.75, 3.05) is 13.1 Å². The van der Waals surface area contributed by atoms with Gasteiger partial charge in [-0.2, -0.15) is 0 Å². The lowest BCUT2D eigenvalue weighted by molar-refractivity contribution is 0.0978. The van der Waals surface area contributed by atoms with Gasteiger partial charge in [-0.3, -0.25) is 4.90 Å². The van der Waals surface area contributed by atoms with Gasteiger partial charge in [-0.05, 0) is 38.5 Å². The number of piperazine rings is 1. The average Bonchev–Trinajstić information content (AvgIpc) is 2.27. The molecule has 1 aliphatic rings. The van der Waals surface area contributed by atoms with Crippen LogP contribution in [0.15, 0.2) is 18.2 Å². The molecule has 1 aromatic rings. The molecule has 1 saturated heterocycles. The number of hydrogen-bond donors (Lipinski definition) is 1. The van der Waals surface area contributed by atoms with Gasteiger partial charge in [0.25, 0.3) is 0 Å². The van der Waals surface area contributed by atoms with Crippen LogP contribution in [0.3, 0.4) is 0 Å². The molecular weight excluding hydrogens is 251 g/mol. The fraction of sp³-hybridized carbons (Fsp3) is 0.571. The van der Waals surface area contributed by atoms with Crippen molar-refractivity contribution in [3.63, 3.8) is 0 Å². The minimum atomic E-state index is -0.280. The van der Waals surface area contributed by atoms with E-state index >= 15 is 0 Å². The molecule has 1 aliphatic heterocycles. The summed E-state index contributed by atoms with van der Waals surface area (Å²) >= 11 is 6.09. The maximum Gasteiger partial charge on any atom is 0.124 e. The third-order valence-electron chi connectivity index (χ3n) is 3.49. The summed E-state index contributed by atoms with van der Waals surface area (Å²) in [6.45, 7) is 9.27. The Bertz CT molecular complexity index is 434. The molecule has 2 nitrogen and oxygen atoms in total. The van der Waals surface area contributed by atoms with Crippen molar-refractivity contribution >= 4 is 11.6 Å². The number of halogens is 2. The lowest BCUT2D eigenvalue weighted by Crippen LogP contribution is -2.60. The van der Waals surface area contributed by atoms with Crippen molar-refractivity contribution in [1.29, 1.82) is 0 Å². The molecule has 0 radical (unpaired) electrons. The Morgan fingerprint density at radius 1 is 1.50 bits per heavy atom. The van der Waals surface area contributed by atoms with Gasteiger partial charge < -0.3 is 5.32 Å². The van der Waals surface area contributed by atoms with Gasteiger partial charge >= 0.3 is 0 Å². The van der Waals surface area contributed by atoms with E-state index in [0.29, 0.717) is 11.1 Å². The Hall–Kier alpha value is -0.640. The molecule has 1 N–H and O–H groups in total. The predicted octanol–water partition coefficient (Wildman–Crippen LogP) is 3.05. The van der Waals surface area contributed by atoms with Gasteiger partial charge in [0.2, 0.25) is 0 Å². The molecule has 0 spiro atoms. The summed E-state index contributed by atoms with van der Waals surface area (Å²) in [5, 5.41) is 4.03. The van der Waals surface area contributed by atoms with Crippen LogP contribution >= 0.6 is 11.6 Å². The maximum atomic E-state index is 13.0. The van der Waals surface area contributed by atoms with Gasteiger partial charge in [0.05, 0.1) is 0 Å². The van der Waals surface area contributed by atoms with Gasteiger partial charge in [0.15, 0.2) is 0 Å². The lowest BCUT2D eigenvalue weighted by atomic mass is 9.98. The molecule has 18 heavy (non-hydrogen) atoms. The average molecular weight is 271 g/mol. The highest BCUT2D eigenvalue weighted by Gasteiger charge is 2.30. The minimum absolute atomic E-state index is 0.110. The fourth-order valence-electron chi connectivity index (χ4n) is 2.35. The summed E-state index contributed by atoms with van der Waals surface area (Å²) in [6, 6.07) is 5.09. The van der Waals surface area contributed by atoms with Crippen LogP contribution in [-0.4, -0.2) is 29.6 Å². The van der Waals surface area contributed by atoms with E-state index in [1.54, 1.807) is 6.07 Å². The van der Waals surface area contributed by atoms with Crippen LogP contribution in [-0.2, 0) is 6.54 Å². The summed E-state index contributed by atoms with van der Waals surface area (Å²) in [5.74, 6) is -0.280. The zero-order valence-electron chi connectivity index (χ0n) is 11.1. The highest BCUT2D eigenvalue weighted by atomic mass is 35.5. The quantitative estimate of drug-likeness (QED) is 0.889. The Kier molecular flexibility index (Phi) is 3.95. The molecule has 0 aliphatic carbocycles. The molecule has 100 valence electrons. The van der Waals surface area contributed by atoms with E-state index in [4.69, 9.17) is 11.6 Å². The standard InChI is InChI=1S/C14H20ClFN2/c1-10-7-17-14(2,3)9-18(10)8-11-4-5-12(16)6-13(11)15/h4-6,10,17H,7-9H2,1-3H3. The molecule has 1 aromatic carbocycles. The third-order valence-corrected chi connectivity index (χ3v) is 3.84. The number of rotatable bonds is 2. The molecule has 1 fully saturated rings. The molecule has 1 heterocycles. The Morgan fingerprint density at radius 3 is 2.89 bits per heavy atom. The van der Waals surface area contributed by atoms with E-state index in [-0.39, 0.29) is 11.4 Å². The van der Waals surface area contributed by atoms with Gasteiger partial charge in [0.1, 0.15) is 5.82 Å². The largest absolute Gasteiger partial charge is 0.309 e. The van der Waals surface area contributed by atoms with Gasteiger partial charge in [-0.1, -0.05) is 17.7 Å². The van der Waals surface area contributed by atoms with E-state index < -0.39 is 0 Å². The van der Waals surface area contributed by atoms with Gasteiger partial charge in [-0.25, -0.2) is 4.39 Å². The molecule has 0 saturated carbocycles. The summed E-state index contributed by atoms with van der Waals surface area (Å²) in [7, 11) is 0. The van der Waals surface area contributed by atoms with E-state index in [0.717, 1.165) is 25.2 Å². The van der Waals surface area contributed by atoms with Crippen LogP contribution in [0.25, 0.3) is 0 Å². The van der Waals surface area contributed by atoms with Crippen LogP contribution in [0.2, 0.25) is 5.02 Å². The molecular formula is C14H20ClFN2. The molecule has 1 unspecified atom stereocenters. The summed E-state index contributed by atoms with van der Waals surface area (Å²) in [5.41, 5.74) is 1.10. The van der Waals surface area contributed by atoms with Crippen LogP contribution < -0.4 is 5.32 Å². The maximum absolute atomic E-state index is 13.0. The zero-order valence-corrected chi connectivity index (χ0v) is 11.9. The van der Waals surface area contributed by atoms with Crippen LogP contribution in [0.5, 0.6) is 0 Å². The molecule has 0 bridgehead atoms. The molecule has 4 heteroatoms. The van der Waals surface area contributed by atoms with E-state index in [1.165, 1.54) is 12.1 Å². The molecule has 1 atom stereocenters. The monoisotopic (exact) mass is 270 g/mol. The first-order valence-corrected chi connectivity index (χ1v) is 6.68. The van der Waals surface area contributed by atoms with Crippen LogP contribution in [0, 0.1) is 5.82 Å². The number of hydrogen-bond acceptors (Lipinski definition) is 2. The number of benzene rings is 1. The fourth-order valence-corrected chi connectivity index (χ4v) is 2.58. The minimum Gasteiger partial charge on any atom is -0.309 e. The summed E-state index contributed by atoms with van der Waals surface area (Å²) < 4.78 is 13.0. The Morgan fingerprint density at radius 2 is 2.22 bits per heavy atom. The SMILES string of the molecule is CC1CNC(C)(C)CN1Cc1ccc(F)cc1Cl. The van der Waals surface area contributed by atoms with E-state index in [2.05, 4.69) is 31.0 Å². The second-order valence-electron chi connectivity index (χ2n) is 5.75. The number of nitrogens with one attached hydrogen (secondary N) is 1. The smallest absolute Gasteiger partial charge is 0.124 e. The first-order valence-electron chi connectivity index (χ1n) is 6.30. The van der Waals surface area contributed by atoms with Crippen molar-refractivity contribution in [2.24, 2.45) is 0 Å².